The van der Waals surface area contributed by atoms with Crippen LogP contribution in [-0.4, -0.2) is 24.9 Å². The van der Waals surface area contributed by atoms with Crippen molar-refractivity contribution in [2.75, 3.05) is 0 Å². The van der Waals surface area contributed by atoms with E-state index < -0.39 is 0 Å². The van der Waals surface area contributed by atoms with Crippen LogP contribution in [0, 0.1) is 0 Å². The summed E-state index contributed by atoms with van der Waals surface area (Å²) in [4.78, 5) is 25.1. The Labute approximate surface area is 279 Å². The predicted molar refractivity (Wildman–Crippen MR) is 192 cm³/mol. The van der Waals surface area contributed by atoms with Gasteiger partial charge >= 0.3 is 0 Å². The highest BCUT2D eigenvalue weighted by molar-refractivity contribution is 6.15. The van der Waals surface area contributed by atoms with Crippen LogP contribution in [0.25, 0.3) is 56.7 Å². The minimum Gasteiger partial charge on any atom is -0.299 e. The van der Waals surface area contributed by atoms with Gasteiger partial charge in [-0.25, -0.2) is 9.97 Å². The molecule has 6 aromatic carbocycles. The first kappa shape index (κ1) is 28.9. The minimum atomic E-state index is -0.103. The van der Waals surface area contributed by atoms with Gasteiger partial charge < -0.3 is 0 Å². The Morgan fingerprint density at radius 3 is 1.12 bits per heavy atom. The van der Waals surface area contributed by atoms with Gasteiger partial charge in [0.15, 0.2) is 5.78 Å². The lowest BCUT2D eigenvalue weighted by molar-refractivity contribution is 0.104. The largest absolute Gasteiger partial charge is 0.299 e. The molecule has 5 nitrogen and oxygen atoms in total. The van der Waals surface area contributed by atoms with E-state index in [0.29, 0.717) is 22.8 Å². The van der Waals surface area contributed by atoms with E-state index in [1.165, 1.54) is 0 Å². The van der Waals surface area contributed by atoms with Crippen LogP contribution in [0.5, 0.6) is 0 Å². The maximum absolute atomic E-state index is 14.8. The lowest BCUT2D eigenvalue weighted by Crippen LogP contribution is -2.08. The summed E-state index contributed by atoms with van der Waals surface area (Å²) < 4.78 is 4.13. The van der Waals surface area contributed by atoms with E-state index in [1.807, 2.05) is 182 Å². The van der Waals surface area contributed by atoms with Crippen molar-refractivity contribution in [3.63, 3.8) is 0 Å². The minimum absolute atomic E-state index is 0.103. The number of hydrogen-bond donors (Lipinski definition) is 0. The maximum atomic E-state index is 14.8. The molecule has 0 fully saturated rings. The van der Waals surface area contributed by atoms with Crippen LogP contribution in [0.3, 0.4) is 0 Å². The number of aromatic nitrogens is 4. The fourth-order valence-corrected chi connectivity index (χ4v) is 6.10. The van der Waals surface area contributed by atoms with E-state index in [-0.39, 0.29) is 5.78 Å². The van der Waals surface area contributed by atoms with Crippen molar-refractivity contribution < 1.29 is 4.79 Å². The summed E-state index contributed by atoms with van der Waals surface area (Å²) in [5.74, 6) is 1.28. The quantitative estimate of drug-likeness (QED) is 0.159. The van der Waals surface area contributed by atoms with Crippen LogP contribution < -0.4 is 0 Å². The van der Waals surface area contributed by atoms with E-state index in [2.05, 4.69) is 9.13 Å². The van der Waals surface area contributed by atoms with Crippen molar-refractivity contribution in [3.05, 3.63) is 193 Å². The number of para-hydroxylation sites is 2. The average molecular weight is 619 g/mol. The molecule has 0 aliphatic carbocycles. The van der Waals surface area contributed by atoms with E-state index in [1.54, 1.807) is 0 Å². The number of carbonyl (C=O) groups is 1. The van der Waals surface area contributed by atoms with Gasteiger partial charge in [0, 0.05) is 57.1 Å². The Balaban J connectivity index is 1.28. The van der Waals surface area contributed by atoms with E-state index in [9.17, 15) is 4.79 Å². The van der Waals surface area contributed by atoms with Gasteiger partial charge in [0.05, 0.1) is 11.4 Å². The summed E-state index contributed by atoms with van der Waals surface area (Å²) in [5.41, 5.74) is 8.22. The number of imidazole rings is 2. The number of hydrogen-bond acceptors (Lipinski definition) is 3. The summed E-state index contributed by atoms with van der Waals surface area (Å²) >= 11 is 0. The Morgan fingerprint density at radius 2 is 0.729 bits per heavy atom. The van der Waals surface area contributed by atoms with E-state index in [4.69, 9.17) is 9.97 Å². The molecule has 8 aromatic rings. The highest BCUT2D eigenvalue weighted by atomic mass is 16.1. The SMILES string of the molecule is O=C(c1ccccc1-c1nc(-c2ccccc2)cn1-c1ccccc1)c1ccccc1-c1nc(-c2ccccc2)cn1-c1ccccc1. The van der Waals surface area contributed by atoms with Crippen molar-refractivity contribution >= 4 is 5.78 Å². The van der Waals surface area contributed by atoms with Crippen molar-refractivity contribution in [3.8, 4) is 56.7 Å². The molecule has 48 heavy (non-hydrogen) atoms. The van der Waals surface area contributed by atoms with E-state index in [0.717, 1.165) is 45.0 Å². The maximum Gasteiger partial charge on any atom is 0.194 e. The van der Waals surface area contributed by atoms with Crippen molar-refractivity contribution in [1.82, 2.24) is 19.1 Å². The van der Waals surface area contributed by atoms with Gasteiger partial charge in [0.25, 0.3) is 0 Å². The zero-order chi connectivity index (χ0) is 32.3. The first-order valence-corrected chi connectivity index (χ1v) is 15.9. The predicted octanol–water partition coefficient (Wildman–Crippen LogP) is 9.96. The van der Waals surface area contributed by atoms with Crippen LogP contribution in [0.15, 0.2) is 182 Å². The monoisotopic (exact) mass is 618 g/mol. The van der Waals surface area contributed by atoms with Crippen LogP contribution in [0.2, 0.25) is 0 Å². The highest BCUT2D eigenvalue weighted by Gasteiger charge is 2.24. The molecular formula is C43H30N4O. The molecule has 0 spiro atoms. The molecule has 0 atom stereocenters. The topological polar surface area (TPSA) is 52.7 Å². The summed E-state index contributed by atoms with van der Waals surface area (Å²) in [7, 11) is 0. The number of benzene rings is 6. The van der Waals surface area contributed by atoms with Crippen LogP contribution in [0.1, 0.15) is 15.9 Å². The lowest BCUT2D eigenvalue weighted by atomic mass is 9.94. The molecule has 8 rings (SSSR count). The molecule has 0 radical (unpaired) electrons. The summed E-state index contributed by atoms with van der Waals surface area (Å²) in [5, 5.41) is 0. The Morgan fingerprint density at radius 1 is 0.396 bits per heavy atom. The zero-order valence-corrected chi connectivity index (χ0v) is 26.0. The number of ketones is 1. The molecule has 0 N–H and O–H groups in total. The van der Waals surface area contributed by atoms with Gasteiger partial charge in [-0.1, -0.05) is 146 Å². The van der Waals surface area contributed by atoms with Crippen molar-refractivity contribution in [1.29, 1.82) is 0 Å². The molecule has 228 valence electrons. The lowest BCUT2D eigenvalue weighted by Gasteiger charge is -2.14. The third-order valence-electron chi connectivity index (χ3n) is 8.44. The highest BCUT2D eigenvalue weighted by Crippen LogP contribution is 2.34. The molecule has 2 heterocycles. The summed E-state index contributed by atoms with van der Waals surface area (Å²) in [6.45, 7) is 0. The van der Waals surface area contributed by atoms with Gasteiger partial charge in [-0.2, -0.15) is 0 Å². The second-order valence-electron chi connectivity index (χ2n) is 11.5. The third kappa shape index (κ3) is 5.44. The van der Waals surface area contributed by atoms with Crippen LogP contribution in [0.4, 0.5) is 0 Å². The second kappa shape index (κ2) is 12.7. The molecule has 0 saturated heterocycles. The molecule has 0 saturated carbocycles. The Hall–Kier alpha value is -6.59. The molecule has 0 aliphatic rings. The van der Waals surface area contributed by atoms with Gasteiger partial charge in [0.1, 0.15) is 11.6 Å². The molecule has 0 unspecified atom stereocenters. The molecular weight excluding hydrogens is 589 g/mol. The van der Waals surface area contributed by atoms with E-state index >= 15 is 0 Å². The molecule has 0 amide bonds. The van der Waals surface area contributed by atoms with Gasteiger partial charge in [0.2, 0.25) is 0 Å². The molecule has 0 bridgehead atoms. The van der Waals surface area contributed by atoms with Crippen molar-refractivity contribution in [2.45, 2.75) is 0 Å². The first-order valence-electron chi connectivity index (χ1n) is 15.9. The molecule has 5 heteroatoms. The average Bonchev–Trinajstić information content (AvgIpc) is 3.82. The standard InChI is InChI=1S/C43H30N4O/c48-41(35-25-13-15-27-37(35)42-44-39(31-17-5-1-6-18-31)29-46(42)33-21-9-3-10-22-33)36-26-14-16-28-38(36)43-45-40(32-19-7-2-8-20-32)30-47(43)34-23-11-4-12-24-34/h1-30H. The normalized spacial score (nSPS) is 11.0. The van der Waals surface area contributed by atoms with Gasteiger partial charge in [-0.05, 0) is 24.3 Å². The van der Waals surface area contributed by atoms with Gasteiger partial charge in [-0.3, -0.25) is 13.9 Å². The first-order chi connectivity index (χ1) is 23.7. The second-order valence-corrected chi connectivity index (χ2v) is 11.5. The van der Waals surface area contributed by atoms with Gasteiger partial charge in [-0.15, -0.1) is 0 Å². The third-order valence-corrected chi connectivity index (χ3v) is 8.44. The Bertz CT molecular complexity index is 2170. The molecule has 2 aromatic heterocycles. The van der Waals surface area contributed by atoms with Crippen molar-refractivity contribution in [2.24, 2.45) is 0 Å². The zero-order valence-electron chi connectivity index (χ0n) is 26.0. The summed E-state index contributed by atoms with van der Waals surface area (Å²) in [6, 6.07) is 55.9. The number of nitrogens with zero attached hydrogens (tertiary/aromatic N) is 4. The fourth-order valence-electron chi connectivity index (χ4n) is 6.10. The molecule has 0 aliphatic heterocycles. The number of rotatable bonds is 8. The smallest absolute Gasteiger partial charge is 0.194 e. The van der Waals surface area contributed by atoms with Crippen LogP contribution in [-0.2, 0) is 0 Å². The fraction of sp³-hybridized carbons (Fsp3) is 0. The Kier molecular flexibility index (Phi) is 7.61. The van der Waals surface area contributed by atoms with Crippen LogP contribution >= 0.6 is 0 Å². The number of carbonyl (C=O) groups excluding carboxylic acids is 1. The summed E-state index contributed by atoms with van der Waals surface area (Å²) in [6.07, 6.45) is 4.08.